The average Bonchev–Trinajstić information content (AvgIpc) is 2.16. The summed E-state index contributed by atoms with van der Waals surface area (Å²) in [7, 11) is 0. The molecule has 0 saturated heterocycles. The summed E-state index contributed by atoms with van der Waals surface area (Å²) in [6.07, 6.45) is 13.7. The van der Waals surface area contributed by atoms with E-state index in [0.717, 1.165) is 19.1 Å². The van der Waals surface area contributed by atoms with Crippen LogP contribution in [0.2, 0.25) is 0 Å². The van der Waals surface area contributed by atoms with Crippen LogP contribution < -0.4 is 0 Å². The van der Waals surface area contributed by atoms with Gasteiger partial charge in [0.05, 0.1) is 0 Å². The molecule has 0 aliphatic carbocycles. The van der Waals surface area contributed by atoms with Crippen molar-refractivity contribution >= 4 is 6.29 Å². The molecule has 14 heavy (non-hydrogen) atoms. The van der Waals surface area contributed by atoms with Crippen molar-refractivity contribution in [3.63, 3.8) is 0 Å². The Kier molecular flexibility index (Phi) is 18.8. The summed E-state index contributed by atoms with van der Waals surface area (Å²) in [5, 5.41) is 0. The van der Waals surface area contributed by atoms with E-state index >= 15 is 0 Å². The van der Waals surface area contributed by atoms with Gasteiger partial charge in [0, 0.05) is 25.9 Å². The Morgan fingerprint density at radius 2 is 1.21 bits per heavy atom. The smallest absolute Gasteiger partial charge is 0.119 e. The summed E-state index contributed by atoms with van der Waals surface area (Å²) in [6, 6.07) is 0. The molecule has 0 bridgehead atoms. The van der Waals surface area contributed by atoms with Gasteiger partial charge in [0.15, 0.2) is 0 Å². The Bertz CT molecular complexity index is 104. The zero-order valence-electron chi connectivity index (χ0n) is 9.76. The number of hydrogen-bond acceptors (Lipinski definition) is 1. The molecule has 0 spiro atoms. The van der Waals surface area contributed by atoms with Gasteiger partial charge in [-0.3, -0.25) is 0 Å². The van der Waals surface area contributed by atoms with Crippen molar-refractivity contribution in [1.29, 1.82) is 0 Å². The summed E-state index contributed by atoms with van der Waals surface area (Å²) >= 11 is 0. The molecule has 0 unspecified atom stereocenters. The van der Waals surface area contributed by atoms with Gasteiger partial charge in [0.25, 0.3) is 0 Å². The maximum atomic E-state index is 10.0. The van der Waals surface area contributed by atoms with Crippen molar-refractivity contribution in [3.8, 4) is 0 Å². The number of unbranched alkanes of at least 4 members (excludes halogenated alkanes) is 9. The predicted molar refractivity (Wildman–Crippen MR) is 57.9 cm³/mol. The zero-order chi connectivity index (χ0) is 9.78. The Morgan fingerprint density at radius 3 is 1.64 bits per heavy atom. The second kappa shape index (κ2) is 15.8. The molecule has 0 rings (SSSR count). The van der Waals surface area contributed by atoms with Gasteiger partial charge in [0.1, 0.15) is 6.29 Å². The van der Waals surface area contributed by atoms with Gasteiger partial charge in [0.2, 0.25) is 0 Å². The fraction of sp³-hybridized carbons (Fsp3) is 0.917. The first-order valence-electron chi connectivity index (χ1n) is 5.85. The van der Waals surface area contributed by atoms with Gasteiger partial charge in [-0.05, 0) is 6.42 Å². The Balaban J connectivity index is 0. The van der Waals surface area contributed by atoms with E-state index in [1.807, 2.05) is 0 Å². The van der Waals surface area contributed by atoms with Crippen LogP contribution in [0.4, 0.5) is 0 Å². The van der Waals surface area contributed by atoms with Crippen molar-refractivity contribution in [2.75, 3.05) is 0 Å². The van der Waals surface area contributed by atoms with Gasteiger partial charge >= 0.3 is 0 Å². The van der Waals surface area contributed by atoms with E-state index in [1.165, 1.54) is 51.4 Å². The van der Waals surface area contributed by atoms with Gasteiger partial charge in [-0.25, -0.2) is 0 Å². The van der Waals surface area contributed by atoms with E-state index in [2.05, 4.69) is 6.92 Å². The molecular weight excluding hydrogens is 226 g/mol. The largest absolute Gasteiger partial charge is 0.303 e. The summed E-state index contributed by atoms with van der Waals surface area (Å²) in [6.45, 7) is 2.25. The second-order valence-corrected chi connectivity index (χ2v) is 3.78. The number of carbonyl (C=O) groups excluding carboxylic acids is 1. The molecule has 0 fully saturated rings. The van der Waals surface area contributed by atoms with Crippen LogP contribution >= 0.6 is 0 Å². The normalized spacial score (nSPS) is 9.50. The molecule has 0 aromatic heterocycles. The monoisotopic (exact) mass is 248 g/mol. The Labute approximate surface area is 102 Å². The number of carbonyl (C=O) groups is 1. The van der Waals surface area contributed by atoms with Crippen LogP contribution in [-0.2, 0) is 24.3 Å². The Hall–Kier alpha value is 0.293. The first kappa shape index (κ1) is 16.7. The molecule has 0 atom stereocenters. The molecule has 0 saturated carbocycles. The number of rotatable bonds is 10. The topological polar surface area (TPSA) is 17.1 Å². The van der Waals surface area contributed by atoms with E-state index in [9.17, 15) is 4.79 Å². The fourth-order valence-electron chi connectivity index (χ4n) is 1.54. The molecule has 0 aromatic carbocycles. The minimum atomic E-state index is 0. The molecule has 0 heterocycles. The molecule has 1 nitrogen and oxygen atoms in total. The van der Waals surface area contributed by atoms with Crippen LogP contribution in [0.15, 0.2) is 0 Å². The molecule has 80 valence electrons. The van der Waals surface area contributed by atoms with Crippen molar-refractivity contribution in [3.05, 3.63) is 0 Å². The second-order valence-electron chi connectivity index (χ2n) is 3.78. The quantitative estimate of drug-likeness (QED) is 0.324. The van der Waals surface area contributed by atoms with Gasteiger partial charge < -0.3 is 4.79 Å². The van der Waals surface area contributed by atoms with Crippen molar-refractivity contribution in [2.45, 2.75) is 71.1 Å². The molecule has 0 N–H and O–H groups in total. The summed E-state index contributed by atoms with van der Waals surface area (Å²) in [5.41, 5.74) is 0. The first-order chi connectivity index (χ1) is 6.41. The van der Waals surface area contributed by atoms with Gasteiger partial charge in [-0.15, -0.1) is 0 Å². The van der Waals surface area contributed by atoms with E-state index in [0.29, 0.717) is 0 Å². The van der Waals surface area contributed by atoms with Crippen molar-refractivity contribution in [2.24, 2.45) is 0 Å². The molecule has 2 heteroatoms. The molecule has 0 radical (unpaired) electrons. The average molecular weight is 250 g/mol. The molecule has 0 aliphatic heterocycles. The zero-order valence-corrected chi connectivity index (χ0v) is 12.7. The molecular formula is C12H24OZn. The van der Waals surface area contributed by atoms with Crippen LogP contribution in [0.25, 0.3) is 0 Å². The van der Waals surface area contributed by atoms with Crippen LogP contribution in [0, 0.1) is 0 Å². The van der Waals surface area contributed by atoms with Crippen LogP contribution in [0.3, 0.4) is 0 Å². The van der Waals surface area contributed by atoms with E-state index in [-0.39, 0.29) is 19.5 Å². The minimum Gasteiger partial charge on any atom is -0.303 e. The number of hydrogen-bond donors (Lipinski definition) is 0. The first-order valence-corrected chi connectivity index (χ1v) is 5.85. The third-order valence-electron chi connectivity index (χ3n) is 2.43. The van der Waals surface area contributed by atoms with Crippen molar-refractivity contribution in [1.82, 2.24) is 0 Å². The van der Waals surface area contributed by atoms with Gasteiger partial charge in [-0.2, -0.15) is 0 Å². The summed E-state index contributed by atoms with van der Waals surface area (Å²) < 4.78 is 0. The maximum Gasteiger partial charge on any atom is 0.119 e. The third-order valence-corrected chi connectivity index (χ3v) is 2.43. The van der Waals surface area contributed by atoms with E-state index in [4.69, 9.17) is 0 Å². The SMILES string of the molecule is CCCCCCCCCCCC=O.[Zn]. The third kappa shape index (κ3) is 14.8. The minimum absolute atomic E-state index is 0. The van der Waals surface area contributed by atoms with Crippen LogP contribution in [0.1, 0.15) is 71.1 Å². The fourth-order valence-corrected chi connectivity index (χ4v) is 1.54. The molecule has 0 aromatic rings. The van der Waals surface area contributed by atoms with Crippen LogP contribution in [0.5, 0.6) is 0 Å². The van der Waals surface area contributed by atoms with Crippen molar-refractivity contribution < 1.29 is 24.3 Å². The summed E-state index contributed by atoms with van der Waals surface area (Å²) in [5.74, 6) is 0. The maximum absolute atomic E-state index is 10.0. The molecule has 0 amide bonds. The van der Waals surface area contributed by atoms with E-state index in [1.54, 1.807) is 0 Å². The Morgan fingerprint density at radius 1 is 0.786 bits per heavy atom. The van der Waals surface area contributed by atoms with Crippen LogP contribution in [-0.4, -0.2) is 6.29 Å². The number of aldehydes is 1. The standard InChI is InChI=1S/C12H24O.Zn/c1-2-3-4-5-6-7-8-9-10-11-12-13;/h12H,2-11H2,1H3;. The molecule has 0 aliphatic rings. The van der Waals surface area contributed by atoms with Gasteiger partial charge in [-0.1, -0.05) is 58.3 Å². The predicted octanol–water partition coefficient (Wildman–Crippen LogP) is 4.10. The summed E-state index contributed by atoms with van der Waals surface area (Å²) in [4.78, 5) is 10.0. The van der Waals surface area contributed by atoms with E-state index < -0.39 is 0 Å².